The van der Waals surface area contributed by atoms with Crippen molar-refractivity contribution in [3.8, 4) is 0 Å². The van der Waals surface area contributed by atoms with Gasteiger partial charge in [0.2, 0.25) is 6.54 Å². The van der Waals surface area contributed by atoms with Crippen LogP contribution in [0.15, 0.2) is 24.3 Å². The van der Waals surface area contributed by atoms with E-state index in [2.05, 4.69) is 4.85 Å². The van der Waals surface area contributed by atoms with Gasteiger partial charge in [0.1, 0.15) is 0 Å². The molecule has 1 nitrogen and oxygen atoms in total. The van der Waals surface area contributed by atoms with Crippen LogP contribution in [0.25, 0.3) is 4.85 Å². The third-order valence-corrected chi connectivity index (χ3v) is 1.64. The molecular formula is C9H8ClN. The van der Waals surface area contributed by atoms with Gasteiger partial charge in [-0.15, -0.1) is 0 Å². The van der Waals surface area contributed by atoms with Crippen molar-refractivity contribution in [1.29, 1.82) is 0 Å². The zero-order valence-corrected chi connectivity index (χ0v) is 6.80. The minimum absolute atomic E-state index is 0.542. The summed E-state index contributed by atoms with van der Waals surface area (Å²) in [5, 5.41) is 0.743. The van der Waals surface area contributed by atoms with Crippen LogP contribution in [0.2, 0.25) is 5.02 Å². The summed E-state index contributed by atoms with van der Waals surface area (Å²) in [7, 11) is 0. The van der Waals surface area contributed by atoms with E-state index in [0.29, 0.717) is 6.54 Å². The van der Waals surface area contributed by atoms with E-state index in [4.69, 9.17) is 18.2 Å². The monoisotopic (exact) mass is 165 g/mol. The van der Waals surface area contributed by atoms with Crippen LogP contribution in [0, 0.1) is 6.57 Å². The zero-order valence-electron chi connectivity index (χ0n) is 6.05. The van der Waals surface area contributed by atoms with Gasteiger partial charge in [-0.2, -0.15) is 0 Å². The Kier molecular flexibility index (Phi) is 2.95. The van der Waals surface area contributed by atoms with Gasteiger partial charge < -0.3 is 4.85 Å². The van der Waals surface area contributed by atoms with Crippen LogP contribution >= 0.6 is 11.6 Å². The highest BCUT2D eigenvalue weighted by Gasteiger charge is 1.94. The summed E-state index contributed by atoms with van der Waals surface area (Å²) in [6.45, 7) is 7.14. The summed E-state index contributed by atoms with van der Waals surface area (Å²) in [6, 6.07) is 7.62. The van der Waals surface area contributed by atoms with E-state index < -0.39 is 0 Å². The summed E-state index contributed by atoms with van der Waals surface area (Å²) >= 11 is 5.75. The Morgan fingerprint density at radius 2 is 2.27 bits per heavy atom. The molecule has 0 radical (unpaired) electrons. The molecule has 0 bridgehead atoms. The Morgan fingerprint density at radius 1 is 1.45 bits per heavy atom. The van der Waals surface area contributed by atoms with Crippen molar-refractivity contribution in [2.75, 3.05) is 6.54 Å². The van der Waals surface area contributed by atoms with E-state index in [0.717, 1.165) is 17.0 Å². The van der Waals surface area contributed by atoms with Crippen LogP contribution in [0.4, 0.5) is 0 Å². The highest BCUT2D eigenvalue weighted by atomic mass is 35.5. The fraction of sp³-hybridized carbons (Fsp3) is 0.222. The van der Waals surface area contributed by atoms with Gasteiger partial charge in [-0.25, -0.2) is 6.57 Å². The topological polar surface area (TPSA) is 4.36 Å². The first-order valence-corrected chi connectivity index (χ1v) is 3.78. The third-order valence-electron chi connectivity index (χ3n) is 1.40. The molecule has 0 spiro atoms. The molecule has 0 unspecified atom stereocenters. The number of hydrogen-bond donors (Lipinski definition) is 0. The van der Waals surface area contributed by atoms with E-state index >= 15 is 0 Å². The van der Waals surface area contributed by atoms with E-state index in [-0.39, 0.29) is 0 Å². The fourth-order valence-corrected chi connectivity index (χ4v) is 1.09. The molecule has 1 aromatic carbocycles. The van der Waals surface area contributed by atoms with Crippen LogP contribution in [0.3, 0.4) is 0 Å². The minimum Gasteiger partial charge on any atom is -0.317 e. The van der Waals surface area contributed by atoms with Crippen molar-refractivity contribution in [2.45, 2.75) is 6.42 Å². The van der Waals surface area contributed by atoms with E-state index in [1.807, 2.05) is 24.3 Å². The van der Waals surface area contributed by atoms with Crippen molar-refractivity contribution < 1.29 is 0 Å². The van der Waals surface area contributed by atoms with Gasteiger partial charge in [0.15, 0.2) is 0 Å². The van der Waals surface area contributed by atoms with Crippen LogP contribution < -0.4 is 0 Å². The maximum Gasteiger partial charge on any atom is 0.218 e. The van der Waals surface area contributed by atoms with E-state index in [1.54, 1.807) is 0 Å². The lowest BCUT2D eigenvalue weighted by molar-refractivity contribution is 1.08. The highest BCUT2D eigenvalue weighted by molar-refractivity contribution is 6.30. The average Bonchev–Trinajstić information content (AvgIpc) is 2.01. The highest BCUT2D eigenvalue weighted by Crippen LogP contribution is 2.10. The smallest absolute Gasteiger partial charge is 0.218 e. The second-order valence-corrected chi connectivity index (χ2v) is 2.70. The standard InChI is InChI=1S/C9H8ClN/c1-11-6-5-8-3-2-4-9(10)7-8/h2-4,7H,5-6H2. The fourth-order valence-electron chi connectivity index (χ4n) is 0.877. The Hall–Kier alpha value is -1.00. The number of nitrogens with zero attached hydrogens (tertiary/aromatic N) is 1. The zero-order chi connectivity index (χ0) is 8.10. The lowest BCUT2D eigenvalue weighted by Crippen LogP contribution is -1.86. The molecule has 0 saturated carbocycles. The normalized spacial score (nSPS) is 9.09. The number of halogens is 1. The van der Waals surface area contributed by atoms with Gasteiger partial charge in [0, 0.05) is 11.4 Å². The number of hydrogen-bond acceptors (Lipinski definition) is 0. The Bertz CT molecular complexity index is 275. The van der Waals surface area contributed by atoms with Crippen LogP contribution in [0.5, 0.6) is 0 Å². The predicted molar refractivity (Wildman–Crippen MR) is 46.6 cm³/mol. The van der Waals surface area contributed by atoms with Gasteiger partial charge >= 0.3 is 0 Å². The quantitative estimate of drug-likeness (QED) is 0.594. The number of rotatable bonds is 2. The molecule has 0 aliphatic rings. The van der Waals surface area contributed by atoms with Gasteiger partial charge in [-0.3, -0.25) is 0 Å². The first kappa shape index (κ1) is 8.10. The lowest BCUT2D eigenvalue weighted by Gasteiger charge is -1.94. The van der Waals surface area contributed by atoms with Crippen LogP contribution in [-0.2, 0) is 6.42 Å². The summed E-state index contributed by atoms with van der Waals surface area (Å²) < 4.78 is 0. The molecule has 0 atom stereocenters. The van der Waals surface area contributed by atoms with Crippen molar-refractivity contribution in [3.63, 3.8) is 0 Å². The first-order chi connectivity index (χ1) is 5.33. The maximum atomic E-state index is 6.60. The van der Waals surface area contributed by atoms with Crippen molar-refractivity contribution in [3.05, 3.63) is 46.3 Å². The van der Waals surface area contributed by atoms with E-state index in [9.17, 15) is 0 Å². The van der Waals surface area contributed by atoms with Gasteiger partial charge in [0.25, 0.3) is 0 Å². The Labute approximate surface area is 71.4 Å². The summed E-state index contributed by atoms with van der Waals surface area (Å²) in [5.74, 6) is 0. The molecule has 0 heterocycles. The summed E-state index contributed by atoms with van der Waals surface area (Å²) in [6.07, 6.45) is 0.796. The Balaban J connectivity index is 2.65. The Morgan fingerprint density at radius 3 is 2.91 bits per heavy atom. The average molecular weight is 166 g/mol. The summed E-state index contributed by atoms with van der Waals surface area (Å²) in [5.41, 5.74) is 1.13. The minimum atomic E-state index is 0.542. The first-order valence-electron chi connectivity index (χ1n) is 3.40. The van der Waals surface area contributed by atoms with Crippen molar-refractivity contribution in [1.82, 2.24) is 0 Å². The van der Waals surface area contributed by atoms with Crippen LogP contribution in [-0.4, -0.2) is 6.54 Å². The molecule has 0 saturated heterocycles. The molecule has 0 N–H and O–H groups in total. The van der Waals surface area contributed by atoms with Gasteiger partial charge in [-0.1, -0.05) is 23.7 Å². The molecular weight excluding hydrogens is 158 g/mol. The second-order valence-electron chi connectivity index (χ2n) is 2.26. The SMILES string of the molecule is [C-]#[N+]CCc1cccc(Cl)c1. The van der Waals surface area contributed by atoms with Crippen molar-refractivity contribution >= 4 is 11.6 Å². The molecule has 1 aromatic rings. The summed E-state index contributed by atoms with van der Waals surface area (Å²) in [4.78, 5) is 3.27. The second kappa shape index (κ2) is 4.00. The van der Waals surface area contributed by atoms with Crippen molar-refractivity contribution in [2.24, 2.45) is 0 Å². The molecule has 0 amide bonds. The largest absolute Gasteiger partial charge is 0.317 e. The molecule has 56 valence electrons. The molecule has 11 heavy (non-hydrogen) atoms. The van der Waals surface area contributed by atoms with Gasteiger partial charge in [0.05, 0.1) is 0 Å². The lowest BCUT2D eigenvalue weighted by atomic mass is 10.2. The molecule has 0 aromatic heterocycles. The van der Waals surface area contributed by atoms with E-state index in [1.165, 1.54) is 0 Å². The predicted octanol–water partition coefficient (Wildman–Crippen LogP) is 2.80. The van der Waals surface area contributed by atoms with Gasteiger partial charge in [-0.05, 0) is 17.7 Å². The molecule has 0 aliphatic carbocycles. The third kappa shape index (κ3) is 2.61. The maximum absolute atomic E-state index is 6.60. The molecule has 0 aliphatic heterocycles. The molecule has 2 heteroatoms. The molecule has 1 rings (SSSR count). The number of benzene rings is 1. The molecule has 0 fully saturated rings. The van der Waals surface area contributed by atoms with Crippen LogP contribution in [0.1, 0.15) is 5.56 Å².